The zero-order chi connectivity index (χ0) is 12.8. The molecule has 0 spiro atoms. The Bertz CT molecular complexity index is 483. The van der Waals surface area contributed by atoms with Gasteiger partial charge in [-0.05, 0) is 22.9 Å². The van der Waals surface area contributed by atoms with Crippen LogP contribution in [0.25, 0.3) is 0 Å². The third-order valence-electron chi connectivity index (χ3n) is 1.85. The standard InChI is InChI=1S/C10H11BrN2O4/c1-2-17-9(15)3-7(14)5-13-6-12-4-8(11)10(13)16/h4,6H,2-3,5H2,1H3. The molecule has 1 rings (SSSR count). The number of hydrogen-bond acceptors (Lipinski definition) is 5. The Morgan fingerprint density at radius 2 is 2.24 bits per heavy atom. The normalized spacial score (nSPS) is 10.0. The molecule has 0 fully saturated rings. The van der Waals surface area contributed by atoms with Gasteiger partial charge in [0.1, 0.15) is 10.9 Å². The Kier molecular flexibility index (Phi) is 5.02. The molecule has 0 aliphatic carbocycles. The van der Waals surface area contributed by atoms with E-state index in [1.165, 1.54) is 12.5 Å². The van der Waals surface area contributed by atoms with Crippen molar-refractivity contribution in [1.29, 1.82) is 0 Å². The van der Waals surface area contributed by atoms with Crippen molar-refractivity contribution in [3.05, 3.63) is 27.4 Å². The highest BCUT2D eigenvalue weighted by Gasteiger charge is 2.12. The van der Waals surface area contributed by atoms with E-state index in [0.717, 1.165) is 4.57 Å². The van der Waals surface area contributed by atoms with Gasteiger partial charge in [0.25, 0.3) is 5.56 Å². The third kappa shape index (κ3) is 4.10. The van der Waals surface area contributed by atoms with Crippen LogP contribution in [0.15, 0.2) is 21.8 Å². The molecule has 0 N–H and O–H groups in total. The molecule has 0 saturated carbocycles. The van der Waals surface area contributed by atoms with Crippen LogP contribution in [0.1, 0.15) is 13.3 Å². The molecule has 6 nitrogen and oxygen atoms in total. The van der Waals surface area contributed by atoms with E-state index in [9.17, 15) is 14.4 Å². The molecule has 0 bridgehead atoms. The SMILES string of the molecule is CCOC(=O)CC(=O)Cn1cncc(Br)c1=O. The number of ether oxygens (including phenoxy) is 1. The van der Waals surface area contributed by atoms with Gasteiger partial charge in [0.2, 0.25) is 0 Å². The maximum absolute atomic E-state index is 11.5. The molecular weight excluding hydrogens is 292 g/mol. The number of ketones is 1. The average molecular weight is 303 g/mol. The Morgan fingerprint density at radius 3 is 2.88 bits per heavy atom. The monoisotopic (exact) mass is 302 g/mol. The van der Waals surface area contributed by atoms with Gasteiger partial charge >= 0.3 is 5.97 Å². The molecule has 7 heteroatoms. The number of halogens is 1. The Morgan fingerprint density at radius 1 is 1.53 bits per heavy atom. The summed E-state index contributed by atoms with van der Waals surface area (Å²) in [5.74, 6) is -0.987. The second-order valence-electron chi connectivity index (χ2n) is 3.20. The quantitative estimate of drug-likeness (QED) is 0.585. The molecule has 0 amide bonds. The van der Waals surface area contributed by atoms with Gasteiger partial charge in [-0.3, -0.25) is 19.0 Å². The van der Waals surface area contributed by atoms with Gasteiger partial charge in [-0.15, -0.1) is 0 Å². The zero-order valence-corrected chi connectivity index (χ0v) is 10.8. The molecule has 0 aromatic carbocycles. The van der Waals surface area contributed by atoms with Crippen molar-refractivity contribution in [1.82, 2.24) is 9.55 Å². The highest BCUT2D eigenvalue weighted by molar-refractivity contribution is 9.10. The topological polar surface area (TPSA) is 78.3 Å². The van der Waals surface area contributed by atoms with E-state index in [1.807, 2.05) is 0 Å². The van der Waals surface area contributed by atoms with Crippen molar-refractivity contribution in [2.75, 3.05) is 6.61 Å². The number of nitrogens with zero attached hydrogens (tertiary/aromatic N) is 2. The Balaban J connectivity index is 2.66. The minimum absolute atomic E-state index is 0.190. The summed E-state index contributed by atoms with van der Waals surface area (Å²) in [6, 6.07) is 0. The van der Waals surface area contributed by atoms with E-state index < -0.39 is 11.8 Å². The second kappa shape index (κ2) is 6.29. The Labute approximate surface area is 106 Å². The van der Waals surface area contributed by atoms with Gasteiger partial charge in [0, 0.05) is 6.20 Å². The van der Waals surface area contributed by atoms with E-state index in [-0.39, 0.29) is 29.6 Å². The number of hydrogen-bond donors (Lipinski definition) is 0. The first kappa shape index (κ1) is 13.6. The van der Waals surface area contributed by atoms with Gasteiger partial charge in [-0.2, -0.15) is 0 Å². The summed E-state index contributed by atoms with van der Waals surface area (Å²) in [6.07, 6.45) is 2.25. The Hall–Kier alpha value is -1.50. The molecule has 92 valence electrons. The van der Waals surface area contributed by atoms with Crippen LogP contribution in [0.3, 0.4) is 0 Å². The minimum atomic E-state index is -0.589. The highest BCUT2D eigenvalue weighted by Crippen LogP contribution is 1.99. The highest BCUT2D eigenvalue weighted by atomic mass is 79.9. The largest absolute Gasteiger partial charge is 0.466 e. The van der Waals surface area contributed by atoms with Crippen molar-refractivity contribution in [3.8, 4) is 0 Å². The summed E-state index contributed by atoms with van der Waals surface area (Å²) >= 11 is 3.01. The van der Waals surface area contributed by atoms with E-state index in [4.69, 9.17) is 0 Å². The molecule has 1 aromatic rings. The lowest BCUT2D eigenvalue weighted by Crippen LogP contribution is -2.26. The van der Waals surface area contributed by atoms with E-state index in [1.54, 1.807) is 6.92 Å². The van der Waals surface area contributed by atoms with E-state index in [0.29, 0.717) is 0 Å². The molecule has 0 unspecified atom stereocenters. The van der Waals surface area contributed by atoms with Gasteiger partial charge in [-0.1, -0.05) is 0 Å². The van der Waals surface area contributed by atoms with Crippen LogP contribution in [0, 0.1) is 0 Å². The fraction of sp³-hybridized carbons (Fsp3) is 0.400. The zero-order valence-electron chi connectivity index (χ0n) is 9.18. The number of aromatic nitrogens is 2. The summed E-state index contributed by atoms with van der Waals surface area (Å²) in [5.41, 5.74) is -0.364. The number of carbonyl (C=O) groups is 2. The van der Waals surface area contributed by atoms with Gasteiger partial charge in [0.15, 0.2) is 5.78 Å². The lowest BCUT2D eigenvalue weighted by molar-refractivity contribution is -0.145. The third-order valence-corrected chi connectivity index (χ3v) is 2.40. The number of rotatable bonds is 5. The van der Waals surface area contributed by atoms with Crippen LogP contribution >= 0.6 is 15.9 Å². The molecule has 0 atom stereocenters. The predicted octanol–water partition coefficient (Wildman–Crippen LogP) is 0.528. The lowest BCUT2D eigenvalue weighted by atomic mass is 10.3. The first-order valence-corrected chi connectivity index (χ1v) is 5.71. The fourth-order valence-corrected chi connectivity index (χ4v) is 1.50. The minimum Gasteiger partial charge on any atom is -0.466 e. The van der Waals surface area contributed by atoms with E-state index >= 15 is 0 Å². The molecule has 0 aliphatic rings. The van der Waals surface area contributed by atoms with Crippen molar-refractivity contribution >= 4 is 27.7 Å². The summed E-state index contributed by atoms with van der Waals surface area (Å²) in [5, 5.41) is 0. The summed E-state index contributed by atoms with van der Waals surface area (Å²) in [4.78, 5) is 37.8. The number of esters is 1. The molecule has 0 saturated heterocycles. The molecule has 0 radical (unpaired) electrons. The summed E-state index contributed by atoms with van der Waals surface area (Å²) in [6.45, 7) is 1.69. The molecule has 0 aliphatic heterocycles. The summed E-state index contributed by atoms with van der Waals surface area (Å²) in [7, 11) is 0. The number of carbonyl (C=O) groups excluding carboxylic acids is 2. The maximum Gasteiger partial charge on any atom is 0.313 e. The van der Waals surface area contributed by atoms with Gasteiger partial charge < -0.3 is 4.74 Å². The maximum atomic E-state index is 11.5. The average Bonchev–Trinajstić information content (AvgIpc) is 2.25. The van der Waals surface area contributed by atoms with Crippen molar-refractivity contribution < 1.29 is 14.3 Å². The molecular formula is C10H11BrN2O4. The van der Waals surface area contributed by atoms with Crippen LogP contribution in [-0.2, 0) is 20.9 Å². The second-order valence-corrected chi connectivity index (χ2v) is 4.05. The molecule has 1 heterocycles. The molecule has 17 heavy (non-hydrogen) atoms. The summed E-state index contributed by atoms with van der Waals surface area (Å²) < 4.78 is 6.03. The van der Waals surface area contributed by atoms with E-state index in [2.05, 4.69) is 25.7 Å². The van der Waals surface area contributed by atoms with Crippen molar-refractivity contribution in [2.45, 2.75) is 19.9 Å². The smallest absolute Gasteiger partial charge is 0.313 e. The first-order valence-electron chi connectivity index (χ1n) is 4.92. The predicted molar refractivity (Wildman–Crippen MR) is 62.5 cm³/mol. The molecule has 1 aromatic heterocycles. The van der Waals surface area contributed by atoms with Crippen molar-refractivity contribution in [3.63, 3.8) is 0 Å². The lowest BCUT2D eigenvalue weighted by Gasteiger charge is -2.04. The van der Waals surface area contributed by atoms with Crippen LogP contribution < -0.4 is 5.56 Å². The van der Waals surface area contributed by atoms with Gasteiger partial charge in [0.05, 0.1) is 19.5 Å². The van der Waals surface area contributed by atoms with Gasteiger partial charge in [-0.25, -0.2) is 4.98 Å². The fourth-order valence-electron chi connectivity index (χ4n) is 1.16. The van der Waals surface area contributed by atoms with Crippen LogP contribution in [-0.4, -0.2) is 27.9 Å². The number of Topliss-reactive ketones (excluding diaryl/α,β-unsaturated/α-hetero) is 1. The van der Waals surface area contributed by atoms with Crippen LogP contribution in [0.2, 0.25) is 0 Å². The van der Waals surface area contributed by atoms with Crippen LogP contribution in [0.4, 0.5) is 0 Å². The first-order chi connectivity index (χ1) is 8.04. The van der Waals surface area contributed by atoms with Crippen LogP contribution in [0.5, 0.6) is 0 Å². The van der Waals surface area contributed by atoms with Crippen molar-refractivity contribution in [2.24, 2.45) is 0 Å².